The Bertz CT molecular complexity index is 949. The molecule has 0 aliphatic carbocycles. The summed E-state index contributed by atoms with van der Waals surface area (Å²) < 4.78 is 7.89. The van der Waals surface area contributed by atoms with Gasteiger partial charge in [-0.25, -0.2) is 9.97 Å². The first-order valence-corrected chi connectivity index (χ1v) is 8.77. The van der Waals surface area contributed by atoms with Gasteiger partial charge in [0, 0.05) is 18.1 Å². The van der Waals surface area contributed by atoms with E-state index < -0.39 is 0 Å². The molecule has 0 aliphatic heterocycles. The molecule has 24 heavy (non-hydrogen) atoms. The highest BCUT2D eigenvalue weighted by atomic mass is 32.2. The lowest BCUT2D eigenvalue weighted by Crippen LogP contribution is -1.97. The van der Waals surface area contributed by atoms with Gasteiger partial charge in [0.05, 0.1) is 5.75 Å². The van der Waals surface area contributed by atoms with Gasteiger partial charge < -0.3 is 4.42 Å². The van der Waals surface area contributed by atoms with E-state index in [1.165, 1.54) is 11.1 Å². The van der Waals surface area contributed by atoms with Crippen molar-refractivity contribution in [2.45, 2.75) is 24.8 Å². The molecule has 4 aromatic rings. The molecular formula is C19H17N3OS. The molecule has 0 atom stereocenters. The molecule has 0 spiro atoms. The second-order valence-corrected chi connectivity index (χ2v) is 6.73. The predicted molar refractivity (Wildman–Crippen MR) is 96.6 cm³/mol. The molecule has 0 fully saturated rings. The van der Waals surface area contributed by atoms with Crippen LogP contribution in [0.5, 0.6) is 0 Å². The molecule has 0 bridgehead atoms. The van der Waals surface area contributed by atoms with Crippen LogP contribution in [-0.4, -0.2) is 14.5 Å². The Balaban J connectivity index is 1.58. The number of rotatable bonds is 4. The van der Waals surface area contributed by atoms with Gasteiger partial charge in [-0.15, -0.1) is 0 Å². The first kappa shape index (κ1) is 15.0. The third-order valence-corrected chi connectivity index (χ3v) is 4.71. The zero-order valence-electron chi connectivity index (χ0n) is 13.6. The Hall–Kier alpha value is -2.53. The van der Waals surface area contributed by atoms with Crippen molar-refractivity contribution in [3.63, 3.8) is 0 Å². The number of nitrogens with zero attached hydrogens (tertiary/aromatic N) is 3. The molecule has 120 valence electrons. The van der Waals surface area contributed by atoms with Gasteiger partial charge in [0.2, 0.25) is 5.89 Å². The molecule has 0 saturated carbocycles. The summed E-state index contributed by atoms with van der Waals surface area (Å²) in [6.07, 6.45) is 3.81. The minimum Gasteiger partial charge on any atom is -0.440 e. The number of hydrogen-bond acceptors (Lipinski definition) is 4. The molecule has 2 aromatic carbocycles. The van der Waals surface area contributed by atoms with E-state index in [2.05, 4.69) is 46.6 Å². The molecule has 2 heterocycles. The zero-order chi connectivity index (χ0) is 16.5. The van der Waals surface area contributed by atoms with Crippen LogP contribution in [0.15, 0.2) is 64.4 Å². The fourth-order valence-corrected chi connectivity index (χ4v) is 3.61. The maximum Gasteiger partial charge on any atom is 0.205 e. The first-order valence-electron chi connectivity index (χ1n) is 7.78. The van der Waals surface area contributed by atoms with Crippen LogP contribution >= 0.6 is 11.8 Å². The second-order valence-electron chi connectivity index (χ2n) is 5.79. The summed E-state index contributed by atoms with van der Waals surface area (Å²) in [6, 6.07) is 14.3. The molecule has 2 aromatic heterocycles. The summed E-state index contributed by atoms with van der Waals surface area (Å²) in [7, 11) is 0. The van der Waals surface area contributed by atoms with Gasteiger partial charge in [0.25, 0.3) is 0 Å². The van der Waals surface area contributed by atoms with E-state index in [0.717, 1.165) is 27.8 Å². The summed E-state index contributed by atoms with van der Waals surface area (Å²) in [5, 5.41) is 0.933. The summed E-state index contributed by atoms with van der Waals surface area (Å²) in [5.74, 6) is 1.37. The first-order chi connectivity index (χ1) is 11.7. The van der Waals surface area contributed by atoms with Crippen molar-refractivity contribution in [3.05, 3.63) is 71.9 Å². The summed E-state index contributed by atoms with van der Waals surface area (Å²) in [4.78, 5) is 9.00. The van der Waals surface area contributed by atoms with Crippen LogP contribution in [0.2, 0.25) is 0 Å². The number of fused-ring (bicyclic) bond motifs is 1. The summed E-state index contributed by atoms with van der Waals surface area (Å²) in [6.45, 7) is 4.22. The van der Waals surface area contributed by atoms with E-state index in [-0.39, 0.29) is 0 Å². The lowest BCUT2D eigenvalue weighted by Gasteiger charge is -2.09. The highest BCUT2D eigenvalue weighted by Gasteiger charge is 2.10. The number of hydrogen-bond donors (Lipinski definition) is 0. The fourth-order valence-electron chi connectivity index (χ4n) is 2.79. The molecular weight excluding hydrogens is 318 g/mol. The van der Waals surface area contributed by atoms with Crippen LogP contribution in [0.25, 0.3) is 16.8 Å². The van der Waals surface area contributed by atoms with Crippen LogP contribution in [-0.2, 0) is 5.75 Å². The van der Waals surface area contributed by atoms with Crippen LogP contribution in [0.4, 0.5) is 0 Å². The van der Waals surface area contributed by atoms with Crippen LogP contribution in [0.3, 0.4) is 0 Å². The van der Waals surface area contributed by atoms with Crippen LogP contribution < -0.4 is 0 Å². The highest BCUT2D eigenvalue weighted by molar-refractivity contribution is 7.98. The quantitative estimate of drug-likeness (QED) is 0.496. The van der Waals surface area contributed by atoms with Crippen molar-refractivity contribution in [3.8, 4) is 5.69 Å². The SMILES string of the molecule is Cc1cc(C)cc(-n2ccnc2SCc2nc3ccccc3o2)c1. The van der Waals surface area contributed by atoms with Gasteiger partial charge in [-0.2, -0.15) is 0 Å². The maximum absolute atomic E-state index is 5.78. The molecule has 0 unspecified atom stereocenters. The average Bonchev–Trinajstić information content (AvgIpc) is 3.18. The summed E-state index contributed by atoms with van der Waals surface area (Å²) in [5.41, 5.74) is 5.34. The predicted octanol–water partition coefficient (Wildman–Crippen LogP) is 4.92. The van der Waals surface area contributed by atoms with Crippen LogP contribution in [0, 0.1) is 13.8 Å². The second kappa shape index (κ2) is 6.17. The normalized spacial score (nSPS) is 11.2. The van der Waals surface area contributed by atoms with E-state index in [4.69, 9.17) is 4.42 Å². The van der Waals surface area contributed by atoms with Gasteiger partial charge in [-0.05, 0) is 49.2 Å². The summed E-state index contributed by atoms with van der Waals surface area (Å²) >= 11 is 1.62. The largest absolute Gasteiger partial charge is 0.440 e. The molecule has 4 rings (SSSR count). The van der Waals surface area contributed by atoms with Crippen molar-refractivity contribution in [2.75, 3.05) is 0 Å². The van der Waals surface area contributed by atoms with Crippen molar-refractivity contribution in [2.24, 2.45) is 0 Å². The molecule has 0 aliphatic rings. The van der Waals surface area contributed by atoms with Crippen LogP contribution in [0.1, 0.15) is 17.0 Å². The minimum absolute atomic E-state index is 0.649. The number of thioether (sulfide) groups is 1. The number of benzene rings is 2. The van der Waals surface area contributed by atoms with E-state index in [1.807, 2.05) is 36.7 Å². The lowest BCUT2D eigenvalue weighted by molar-refractivity contribution is 0.556. The minimum atomic E-state index is 0.649. The van der Waals surface area contributed by atoms with E-state index in [9.17, 15) is 0 Å². The lowest BCUT2D eigenvalue weighted by atomic mass is 10.1. The van der Waals surface area contributed by atoms with Crippen molar-refractivity contribution < 1.29 is 4.42 Å². The van der Waals surface area contributed by atoms with Gasteiger partial charge >= 0.3 is 0 Å². The standard InChI is InChI=1S/C19H17N3OS/c1-13-9-14(2)11-15(10-13)22-8-7-20-19(22)24-12-18-21-16-5-3-4-6-17(16)23-18/h3-11H,12H2,1-2H3. The number of imidazole rings is 1. The zero-order valence-corrected chi connectivity index (χ0v) is 14.4. The Morgan fingerprint density at radius 3 is 2.67 bits per heavy atom. The van der Waals surface area contributed by atoms with Crippen molar-refractivity contribution in [1.29, 1.82) is 0 Å². The van der Waals surface area contributed by atoms with Gasteiger partial charge in [0.15, 0.2) is 10.7 Å². The topological polar surface area (TPSA) is 43.9 Å². The van der Waals surface area contributed by atoms with Gasteiger partial charge in [-0.3, -0.25) is 4.57 Å². The monoisotopic (exact) mass is 335 g/mol. The van der Waals surface area contributed by atoms with E-state index >= 15 is 0 Å². The maximum atomic E-state index is 5.78. The number of aromatic nitrogens is 3. The Labute approximate surface area is 144 Å². The van der Waals surface area contributed by atoms with E-state index in [1.54, 1.807) is 11.8 Å². The van der Waals surface area contributed by atoms with Gasteiger partial charge in [-0.1, -0.05) is 30.0 Å². The van der Waals surface area contributed by atoms with Crippen molar-refractivity contribution >= 4 is 22.9 Å². The molecule has 5 heteroatoms. The molecule has 0 radical (unpaired) electrons. The van der Waals surface area contributed by atoms with Gasteiger partial charge in [0.1, 0.15) is 5.52 Å². The smallest absolute Gasteiger partial charge is 0.205 e. The fraction of sp³-hybridized carbons (Fsp3) is 0.158. The molecule has 0 N–H and O–H groups in total. The van der Waals surface area contributed by atoms with Crippen molar-refractivity contribution in [1.82, 2.24) is 14.5 Å². The Kier molecular flexibility index (Phi) is 3.86. The molecule has 4 nitrogen and oxygen atoms in total. The Morgan fingerprint density at radius 1 is 1.08 bits per heavy atom. The molecule has 0 saturated heterocycles. The number of oxazole rings is 1. The third-order valence-electron chi connectivity index (χ3n) is 3.75. The highest BCUT2D eigenvalue weighted by Crippen LogP contribution is 2.26. The Morgan fingerprint density at radius 2 is 1.88 bits per heavy atom. The third kappa shape index (κ3) is 2.95. The van der Waals surface area contributed by atoms with E-state index in [0.29, 0.717) is 5.75 Å². The average molecular weight is 335 g/mol. The number of para-hydroxylation sites is 2. The number of aryl methyl sites for hydroxylation is 2. The molecule has 0 amide bonds.